The standard InChI is InChI=1S/C8H14F3NO3S/c1-16(13,14)7-4-2-3-6(7)12-15-5-8(9,10)11/h6-7,12H,2-5H2,1H3. The van der Waals surface area contributed by atoms with Gasteiger partial charge in [-0.1, -0.05) is 6.42 Å². The van der Waals surface area contributed by atoms with E-state index in [1.165, 1.54) is 0 Å². The molecule has 1 aliphatic rings. The van der Waals surface area contributed by atoms with Crippen LogP contribution < -0.4 is 5.48 Å². The van der Waals surface area contributed by atoms with Crippen molar-refractivity contribution in [2.24, 2.45) is 0 Å². The molecule has 0 amide bonds. The molecule has 0 heterocycles. The Morgan fingerprint density at radius 1 is 1.38 bits per heavy atom. The average Bonchev–Trinajstić information content (AvgIpc) is 2.48. The molecule has 1 saturated carbocycles. The van der Waals surface area contributed by atoms with Gasteiger partial charge in [-0.2, -0.15) is 18.7 Å². The van der Waals surface area contributed by atoms with E-state index in [0.29, 0.717) is 19.3 Å². The van der Waals surface area contributed by atoms with Crippen molar-refractivity contribution in [1.82, 2.24) is 5.48 Å². The minimum absolute atomic E-state index is 0.464. The second kappa shape index (κ2) is 4.89. The van der Waals surface area contributed by atoms with Crippen molar-refractivity contribution in [2.75, 3.05) is 12.9 Å². The molecule has 2 atom stereocenters. The van der Waals surface area contributed by atoms with Crippen LogP contribution >= 0.6 is 0 Å². The molecule has 1 rings (SSSR count). The van der Waals surface area contributed by atoms with Crippen LogP contribution in [0.2, 0.25) is 0 Å². The molecule has 0 radical (unpaired) electrons. The zero-order valence-electron chi connectivity index (χ0n) is 8.75. The van der Waals surface area contributed by atoms with Crippen molar-refractivity contribution >= 4 is 9.84 Å². The van der Waals surface area contributed by atoms with E-state index in [9.17, 15) is 21.6 Å². The number of hydrogen-bond acceptors (Lipinski definition) is 4. The molecule has 0 aromatic heterocycles. The van der Waals surface area contributed by atoms with Crippen molar-refractivity contribution in [3.63, 3.8) is 0 Å². The van der Waals surface area contributed by atoms with E-state index in [2.05, 4.69) is 10.3 Å². The summed E-state index contributed by atoms with van der Waals surface area (Å²) in [6, 6.07) is -0.544. The maximum absolute atomic E-state index is 11.8. The van der Waals surface area contributed by atoms with Crippen LogP contribution in [0.1, 0.15) is 19.3 Å². The first-order valence-electron chi connectivity index (χ1n) is 4.83. The highest BCUT2D eigenvalue weighted by atomic mass is 32.2. The fourth-order valence-electron chi connectivity index (χ4n) is 1.80. The fraction of sp³-hybridized carbons (Fsp3) is 1.00. The van der Waals surface area contributed by atoms with Crippen molar-refractivity contribution in [3.8, 4) is 0 Å². The first-order chi connectivity index (χ1) is 7.20. The van der Waals surface area contributed by atoms with Crippen molar-refractivity contribution in [2.45, 2.75) is 36.7 Å². The van der Waals surface area contributed by atoms with Crippen LogP contribution in [-0.2, 0) is 14.7 Å². The quantitative estimate of drug-likeness (QED) is 0.768. The van der Waals surface area contributed by atoms with E-state index in [1.54, 1.807) is 0 Å². The number of sulfone groups is 1. The molecule has 1 N–H and O–H groups in total. The topological polar surface area (TPSA) is 55.4 Å². The second-order valence-electron chi connectivity index (χ2n) is 3.93. The lowest BCUT2D eigenvalue weighted by molar-refractivity contribution is -0.192. The molecule has 0 aromatic rings. The van der Waals surface area contributed by atoms with Crippen LogP contribution in [0.3, 0.4) is 0 Å². The van der Waals surface area contributed by atoms with Gasteiger partial charge >= 0.3 is 6.18 Å². The summed E-state index contributed by atoms with van der Waals surface area (Å²) in [4.78, 5) is 4.27. The lowest BCUT2D eigenvalue weighted by atomic mass is 10.3. The number of rotatable bonds is 4. The highest BCUT2D eigenvalue weighted by Crippen LogP contribution is 2.25. The molecular formula is C8H14F3NO3S. The summed E-state index contributed by atoms with van der Waals surface area (Å²) >= 11 is 0. The maximum atomic E-state index is 11.8. The van der Waals surface area contributed by atoms with Gasteiger partial charge in [0, 0.05) is 12.3 Å². The summed E-state index contributed by atoms with van der Waals surface area (Å²) in [5.41, 5.74) is 2.20. The minimum Gasteiger partial charge on any atom is -0.292 e. The van der Waals surface area contributed by atoms with Crippen molar-refractivity contribution < 1.29 is 26.4 Å². The van der Waals surface area contributed by atoms with Crippen LogP contribution in [0.25, 0.3) is 0 Å². The molecule has 0 bridgehead atoms. The first-order valence-corrected chi connectivity index (χ1v) is 6.78. The van der Waals surface area contributed by atoms with Gasteiger partial charge in [0.25, 0.3) is 0 Å². The Morgan fingerprint density at radius 2 is 2.00 bits per heavy atom. The van der Waals surface area contributed by atoms with E-state index in [4.69, 9.17) is 0 Å². The Labute approximate surface area is 92.0 Å². The van der Waals surface area contributed by atoms with E-state index in [0.717, 1.165) is 6.26 Å². The summed E-state index contributed by atoms with van der Waals surface area (Å²) in [5, 5.41) is -0.652. The SMILES string of the molecule is CS(=O)(=O)C1CCCC1NOCC(F)(F)F. The van der Waals surface area contributed by atoms with E-state index in [1.807, 2.05) is 0 Å². The predicted octanol–water partition coefficient (Wildman–Crippen LogP) is 1.04. The highest BCUT2D eigenvalue weighted by Gasteiger charge is 2.36. The molecule has 2 unspecified atom stereocenters. The Kier molecular flexibility index (Phi) is 4.19. The molecule has 16 heavy (non-hydrogen) atoms. The Morgan fingerprint density at radius 3 is 2.50 bits per heavy atom. The van der Waals surface area contributed by atoms with Crippen molar-refractivity contribution in [3.05, 3.63) is 0 Å². The first kappa shape index (κ1) is 13.7. The van der Waals surface area contributed by atoms with Gasteiger partial charge in [-0.15, -0.1) is 0 Å². The highest BCUT2D eigenvalue weighted by molar-refractivity contribution is 7.91. The van der Waals surface area contributed by atoms with Gasteiger partial charge < -0.3 is 0 Å². The molecule has 0 saturated heterocycles. The van der Waals surface area contributed by atoms with E-state index in [-0.39, 0.29) is 0 Å². The Balaban J connectivity index is 2.43. The molecule has 4 nitrogen and oxygen atoms in total. The van der Waals surface area contributed by atoms with Crippen molar-refractivity contribution in [1.29, 1.82) is 0 Å². The number of halogens is 3. The van der Waals surface area contributed by atoms with Gasteiger partial charge in [0.15, 0.2) is 16.4 Å². The van der Waals surface area contributed by atoms with Gasteiger partial charge in [-0.25, -0.2) is 8.42 Å². The van der Waals surface area contributed by atoms with E-state index < -0.39 is 33.9 Å². The van der Waals surface area contributed by atoms with Crippen LogP contribution in [0, 0.1) is 0 Å². The second-order valence-corrected chi connectivity index (χ2v) is 6.19. The summed E-state index contributed by atoms with van der Waals surface area (Å²) in [7, 11) is -3.24. The van der Waals surface area contributed by atoms with Crippen LogP contribution in [-0.4, -0.2) is 38.7 Å². The molecule has 1 aliphatic carbocycles. The van der Waals surface area contributed by atoms with Gasteiger partial charge in [-0.05, 0) is 12.8 Å². The minimum atomic E-state index is -4.41. The average molecular weight is 261 g/mol. The fourth-order valence-corrected chi connectivity index (χ4v) is 3.19. The molecule has 0 aliphatic heterocycles. The zero-order chi connectivity index (χ0) is 12.4. The monoisotopic (exact) mass is 261 g/mol. The molecule has 0 spiro atoms. The third-order valence-electron chi connectivity index (χ3n) is 2.47. The summed E-state index contributed by atoms with van der Waals surface area (Å²) < 4.78 is 57.9. The lowest BCUT2D eigenvalue weighted by Crippen LogP contribution is -2.41. The van der Waals surface area contributed by atoms with Crippen LogP contribution in [0.4, 0.5) is 13.2 Å². The van der Waals surface area contributed by atoms with Crippen LogP contribution in [0.5, 0.6) is 0 Å². The maximum Gasteiger partial charge on any atom is 0.413 e. The summed E-state index contributed by atoms with van der Waals surface area (Å²) in [6.07, 6.45) is -1.68. The van der Waals surface area contributed by atoms with Crippen LogP contribution in [0.15, 0.2) is 0 Å². The molecular weight excluding hydrogens is 247 g/mol. The summed E-state index contributed by atoms with van der Waals surface area (Å²) in [6.45, 7) is -1.42. The smallest absolute Gasteiger partial charge is 0.292 e. The van der Waals surface area contributed by atoms with Gasteiger partial charge in [0.2, 0.25) is 0 Å². The van der Waals surface area contributed by atoms with E-state index >= 15 is 0 Å². The number of hydrogen-bond donors (Lipinski definition) is 1. The van der Waals surface area contributed by atoms with Gasteiger partial charge in [-0.3, -0.25) is 4.84 Å². The largest absolute Gasteiger partial charge is 0.413 e. The number of nitrogens with one attached hydrogen (secondary N) is 1. The molecule has 8 heteroatoms. The number of alkyl halides is 3. The predicted molar refractivity (Wildman–Crippen MR) is 51.4 cm³/mol. The summed E-state index contributed by atoms with van der Waals surface area (Å²) in [5.74, 6) is 0. The lowest BCUT2D eigenvalue weighted by Gasteiger charge is -2.19. The number of hydroxylamine groups is 1. The third-order valence-corrected chi connectivity index (χ3v) is 4.14. The van der Waals surface area contributed by atoms with Gasteiger partial charge in [0.05, 0.1) is 5.25 Å². The Bertz CT molecular complexity index is 328. The molecule has 1 fully saturated rings. The molecule has 0 aromatic carbocycles. The third kappa shape index (κ3) is 4.26. The molecule has 96 valence electrons. The van der Waals surface area contributed by atoms with Gasteiger partial charge in [0.1, 0.15) is 0 Å². The normalized spacial score (nSPS) is 27.2. The Hall–Kier alpha value is -0.340. The zero-order valence-corrected chi connectivity index (χ0v) is 9.57.